The summed E-state index contributed by atoms with van der Waals surface area (Å²) in [5.74, 6) is -0.172. The number of nitrogens with one attached hydrogen (secondary N) is 1. The summed E-state index contributed by atoms with van der Waals surface area (Å²) in [6.45, 7) is 11.0. The molecule has 0 aliphatic carbocycles. The predicted molar refractivity (Wildman–Crippen MR) is 121 cm³/mol. The van der Waals surface area contributed by atoms with Gasteiger partial charge >= 0.3 is 0 Å². The Labute approximate surface area is 177 Å². The van der Waals surface area contributed by atoms with Crippen LogP contribution >= 0.6 is 11.3 Å². The Kier molecular flexibility index (Phi) is 7.79. The van der Waals surface area contributed by atoms with Crippen molar-refractivity contribution in [3.05, 3.63) is 23.9 Å². The molecule has 0 fully saturated rings. The number of rotatable bonds is 9. The van der Waals surface area contributed by atoms with Crippen LogP contribution < -0.4 is 10.2 Å². The van der Waals surface area contributed by atoms with Crippen LogP contribution in [0.3, 0.4) is 0 Å². The van der Waals surface area contributed by atoms with Crippen LogP contribution in [0.2, 0.25) is 0 Å². The third-order valence-corrected chi connectivity index (χ3v) is 7.02. The minimum atomic E-state index is -3.37. The number of sulfone groups is 1. The molecule has 0 bridgehead atoms. The number of aryl methyl sites for hydroxylation is 1. The molecule has 0 aliphatic rings. The van der Waals surface area contributed by atoms with Gasteiger partial charge in [0, 0.05) is 33.3 Å². The van der Waals surface area contributed by atoms with Gasteiger partial charge in [-0.2, -0.15) is 0 Å². The van der Waals surface area contributed by atoms with Gasteiger partial charge in [-0.25, -0.2) is 13.4 Å². The average Bonchev–Trinajstić information content (AvgIpc) is 3.00. The largest absolute Gasteiger partial charge is 0.372 e. The first-order valence-electron chi connectivity index (χ1n) is 9.59. The number of likely N-dealkylation sites (N-methyl/N-ethyl adjacent to an activating group) is 2. The van der Waals surface area contributed by atoms with E-state index in [2.05, 4.69) is 29.0 Å². The van der Waals surface area contributed by atoms with Gasteiger partial charge in [0.2, 0.25) is 5.91 Å². The van der Waals surface area contributed by atoms with Crippen LogP contribution in [0, 0.1) is 6.92 Å². The van der Waals surface area contributed by atoms with Crippen LogP contribution in [0.15, 0.2) is 23.1 Å². The highest BCUT2D eigenvalue weighted by Crippen LogP contribution is 2.36. The Morgan fingerprint density at radius 3 is 2.41 bits per heavy atom. The lowest BCUT2D eigenvalue weighted by molar-refractivity contribution is -0.114. The zero-order valence-electron chi connectivity index (χ0n) is 17.9. The molecule has 7 nitrogen and oxygen atoms in total. The summed E-state index contributed by atoms with van der Waals surface area (Å²) in [7, 11) is -1.46. The van der Waals surface area contributed by atoms with Gasteiger partial charge in [-0.05, 0) is 37.7 Å². The van der Waals surface area contributed by atoms with E-state index in [4.69, 9.17) is 0 Å². The predicted octanol–water partition coefficient (Wildman–Crippen LogP) is 3.26. The van der Waals surface area contributed by atoms with E-state index >= 15 is 0 Å². The van der Waals surface area contributed by atoms with Crippen molar-refractivity contribution in [2.75, 3.05) is 49.7 Å². The van der Waals surface area contributed by atoms with Crippen molar-refractivity contribution < 1.29 is 13.2 Å². The van der Waals surface area contributed by atoms with Crippen molar-refractivity contribution in [1.82, 2.24) is 9.88 Å². The second kappa shape index (κ2) is 9.69. The summed E-state index contributed by atoms with van der Waals surface area (Å²) in [4.78, 5) is 21.2. The van der Waals surface area contributed by atoms with E-state index in [0.717, 1.165) is 35.8 Å². The molecule has 1 aromatic heterocycles. The van der Waals surface area contributed by atoms with E-state index in [9.17, 15) is 13.2 Å². The number of carbonyl (C=O) groups is 1. The second-order valence-electron chi connectivity index (χ2n) is 7.02. The molecular weight excluding hydrogens is 408 g/mol. The molecule has 2 rings (SSSR count). The molecule has 0 unspecified atom stereocenters. The van der Waals surface area contributed by atoms with Gasteiger partial charge in [0.1, 0.15) is 0 Å². The molecule has 1 heterocycles. The highest BCUT2D eigenvalue weighted by atomic mass is 32.2. The van der Waals surface area contributed by atoms with E-state index in [0.29, 0.717) is 22.3 Å². The molecule has 160 valence electrons. The summed E-state index contributed by atoms with van der Waals surface area (Å²) < 4.78 is 24.7. The van der Waals surface area contributed by atoms with Crippen molar-refractivity contribution in [3.8, 4) is 10.4 Å². The zero-order valence-corrected chi connectivity index (χ0v) is 19.6. The van der Waals surface area contributed by atoms with Gasteiger partial charge in [-0.1, -0.05) is 31.3 Å². The minimum Gasteiger partial charge on any atom is -0.372 e. The van der Waals surface area contributed by atoms with Crippen molar-refractivity contribution in [2.45, 2.75) is 32.6 Å². The van der Waals surface area contributed by atoms with E-state index < -0.39 is 9.84 Å². The number of hydrogen-bond acceptors (Lipinski definition) is 7. The fraction of sp³-hybridized carbons (Fsp3) is 0.500. The maximum absolute atomic E-state index is 12.4. The third-order valence-electron chi connectivity index (χ3n) is 4.76. The summed E-state index contributed by atoms with van der Waals surface area (Å²) >= 11 is 1.38. The minimum absolute atomic E-state index is 0.172. The highest BCUT2D eigenvalue weighted by molar-refractivity contribution is 7.90. The van der Waals surface area contributed by atoms with Crippen LogP contribution in [0.4, 0.5) is 10.8 Å². The van der Waals surface area contributed by atoms with Crippen molar-refractivity contribution >= 4 is 37.9 Å². The molecule has 9 heteroatoms. The lowest BCUT2D eigenvalue weighted by Crippen LogP contribution is -2.33. The summed E-state index contributed by atoms with van der Waals surface area (Å²) in [6, 6.07) is 5.36. The second-order valence-corrected chi connectivity index (χ2v) is 10.0. The quantitative estimate of drug-likeness (QED) is 0.647. The van der Waals surface area contributed by atoms with E-state index in [-0.39, 0.29) is 5.91 Å². The van der Waals surface area contributed by atoms with Gasteiger partial charge in [-0.3, -0.25) is 4.79 Å². The molecule has 1 aromatic carbocycles. The lowest BCUT2D eigenvalue weighted by Gasteiger charge is -2.26. The topological polar surface area (TPSA) is 82.6 Å². The SMILES string of the molecule is CCN(CC)CCN(C)c1cc(-c2sc(NC(C)=O)nc2C)ccc1S(C)(=O)=O. The molecule has 1 N–H and O–H groups in total. The fourth-order valence-electron chi connectivity index (χ4n) is 3.09. The number of nitrogens with zero attached hydrogens (tertiary/aromatic N) is 3. The molecule has 2 aromatic rings. The normalized spacial score (nSPS) is 11.7. The van der Waals surface area contributed by atoms with Gasteiger partial charge < -0.3 is 15.1 Å². The molecule has 0 spiro atoms. The van der Waals surface area contributed by atoms with E-state index in [1.54, 1.807) is 12.1 Å². The van der Waals surface area contributed by atoms with Gasteiger partial charge in [0.15, 0.2) is 15.0 Å². The third kappa shape index (κ3) is 6.01. The molecule has 0 saturated heterocycles. The molecule has 0 saturated carbocycles. The van der Waals surface area contributed by atoms with Gasteiger partial charge in [0.25, 0.3) is 0 Å². The van der Waals surface area contributed by atoms with Crippen molar-refractivity contribution in [1.29, 1.82) is 0 Å². The summed E-state index contributed by atoms with van der Waals surface area (Å²) in [5.41, 5.74) is 2.35. The Bertz CT molecular complexity index is 966. The molecular formula is C20H30N4O3S2. The van der Waals surface area contributed by atoms with Gasteiger partial charge in [-0.15, -0.1) is 0 Å². The first kappa shape index (κ1) is 23.3. The number of amides is 1. The number of anilines is 2. The van der Waals surface area contributed by atoms with Crippen molar-refractivity contribution in [3.63, 3.8) is 0 Å². The Morgan fingerprint density at radius 2 is 1.86 bits per heavy atom. The molecule has 0 aliphatic heterocycles. The van der Waals surface area contributed by atoms with Crippen LogP contribution in [0.1, 0.15) is 26.5 Å². The van der Waals surface area contributed by atoms with Crippen LogP contribution in [0.25, 0.3) is 10.4 Å². The monoisotopic (exact) mass is 438 g/mol. The number of benzene rings is 1. The zero-order chi connectivity index (χ0) is 21.8. The standard InChI is InChI=1S/C20H30N4O3S2/c1-7-24(8-2)12-11-23(5)17-13-16(9-10-18(17)29(6,26)27)19-14(3)21-20(28-19)22-15(4)25/h9-10,13H,7-8,11-12H2,1-6H3,(H,21,22,25). The fourth-order valence-corrected chi connectivity index (χ4v) is 5.01. The number of hydrogen-bond donors (Lipinski definition) is 1. The first-order valence-corrected chi connectivity index (χ1v) is 12.3. The summed E-state index contributed by atoms with van der Waals surface area (Å²) in [5, 5.41) is 3.25. The lowest BCUT2D eigenvalue weighted by atomic mass is 10.1. The van der Waals surface area contributed by atoms with E-state index in [1.165, 1.54) is 24.5 Å². The van der Waals surface area contributed by atoms with Crippen LogP contribution in [0.5, 0.6) is 0 Å². The van der Waals surface area contributed by atoms with E-state index in [1.807, 2.05) is 24.9 Å². The van der Waals surface area contributed by atoms with Crippen molar-refractivity contribution in [2.24, 2.45) is 0 Å². The summed E-state index contributed by atoms with van der Waals surface area (Å²) in [6.07, 6.45) is 1.23. The number of carbonyl (C=O) groups excluding carboxylic acids is 1. The number of aromatic nitrogens is 1. The smallest absolute Gasteiger partial charge is 0.223 e. The number of thiazole rings is 1. The Hall–Kier alpha value is -1.97. The molecule has 29 heavy (non-hydrogen) atoms. The Morgan fingerprint density at radius 1 is 1.21 bits per heavy atom. The maximum Gasteiger partial charge on any atom is 0.223 e. The maximum atomic E-state index is 12.4. The molecule has 1 amide bonds. The van der Waals surface area contributed by atoms with Gasteiger partial charge in [0.05, 0.1) is 21.2 Å². The van der Waals surface area contributed by atoms with Crippen LogP contribution in [-0.2, 0) is 14.6 Å². The first-order chi connectivity index (χ1) is 13.6. The Balaban J connectivity index is 2.44. The highest BCUT2D eigenvalue weighted by Gasteiger charge is 2.19. The van der Waals surface area contributed by atoms with Crippen LogP contribution in [-0.4, -0.2) is 63.7 Å². The molecule has 0 radical (unpaired) electrons. The average molecular weight is 439 g/mol. The molecule has 0 atom stereocenters.